The van der Waals surface area contributed by atoms with Gasteiger partial charge in [-0.25, -0.2) is 0 Å². The summed E-state index contributed by atoms with van der Waals surface area (Å²) in [6.07, 6.45) is 1.44. The lowest BCUT2D eigenvalue weighted by atomic mass is 9.55. The van der Waals surface area contributed by atoms with Crippen LogP contribution in [-0.2, 0) is 9.59 Å². The molecule has 0 spiro atoms. The Morgan fingerprint density at radius 2 is 1.18 bits per heavy atom. The summed E-state index contributed by atoms with van der Waals surface area (Å²) in [5.74, 6) is -1.76. The zero-order valence-corrected chi connectivity index (χ0v) is 18.1. The molecule has 0 unspecified atom stereocenters. The summed E-state index contributed by atoms with van der Waals surface area (Å²) in [6, 6.07) is 27.4. The van der Waals surface area contributed by atoms with Crippen LogP contribution in [0.4, 0.5) is 0 Å². The van der Waals surface area contributed by atoms with Crippen molar-refractivity contribution >= 4 is 28.8 Å². The van der Waals surface area contributed by atoms with Gasteiger partial charge < -0.3 is 5.11 Å². The Kier molecular flexibility index (Phi) is 3.89. The minimum absolute atomic E-state index is 0.0545. The van der Waals surface area contributed by atoms with Crippen LogP contribution in [0.1, 0.15) is 39.7 Å². The average Bonchev–Trinajstić information content (AvgIpc) is 3.13. The van der Waals surface area contributed by atoms with Crippen molar-refractivity contribution in [1.29, 1.82) is 0 Å². The normalized spacial score (nSPS) is 24.5. The van der Waals surface area contributed by atoms with Crippen molar-refractivity contribution < 1.29 is 14.7 Å². The number of aromatic hydroxyl groups is 1. The maximum atomic E-state index is 13.7. The first-order valence-corrected chi connectivity index (χ1v) is 11.5. The second-order valence-corrected chi connectivity index (χ2v) is 9.22. The fourth-order valence-corrected chi connectivity index (χ4v) is 6.31. The van der Waals surface area contributed by atoms with Gasteiger partial charge in [-0.1, -0.05) is 78.9 Å². The molecule has 1 fully saturated rings. The van der Waals surface area contributed by atoms with Crippen molar-refractivity contribution in [3.63, 3.8) is 0 Å². The van der Waals surface area contributed by atoms with Crippen LogP contribution in [0.25, 0.3) is 10.8 Å². The fraction of sp³-hybridized carbons (Fsp3) is 0.138. The summed E-state index contributed by atoms with van der Waals surface area (Å²) in [4.78, 5) is 27.3. The van der Waals surface area contributed by atoms with Crippen molar-refractivity contribution in [3.8, 4) is 5.75 Å². The lowest BCUT2D eigenvalue weighted by molar-refractivity contribution is -0.139. The number of fused-ring (bicyclic) bond motifs is 1. The Balaban J connectivity index is 1.34. The lowest BCUT2D eigenvalue weighted by Crippen LogP contribution is -2.41. The Bertz CT molecular complexity index is 1440. The van der Waals surface area contributed by atoms with Crippen LogP contribution in [0, 0.1) is 11.8 Å². The molecule has 8 rings (SSSR count). The summed E-state index contributed by atoms with van der Waals surface area (Å²) in [6.45, 7) is 0. The van der Waals surface area contributed by atoms with E-state index in [-0.39, 0.29) is 29.4 Å². The van der Waals surface area contributed by atoms with Gasteiger partial charge in [0.15, 0.2) is 0 Å². The molecule has 1 aliphatic heterocycles. The van der Waals surface area contributed by atoms with E-state index in [9.17, 15) is 14.7 Å². The van der Waals surface area contributed by atoms with Gasteiger partial charge in [-0.2, -0.15) is 10.1 Å². The van der Waals surface area contributed by atoms with Crippen LogP contribution in [0.3, 0.4) is 0 Å². The molecule has 34 heavy (non-hydrogen) atoms. The summed E-state index contributed by atoms with van der Waals surface area (Å²) in [5.41, 5.74) is 5.01. The van der Waals surface area contributed by atoms with Crippen LogP contribution in [0.2, 0.25) is 0 Å². The standard InChI is InChI=1S/C29H20N2O3/c32-23-14-13-16-7-1-2-8-17(16)22(23)15-30-31-28(33)26-24-18-9-3-4-10-19(18)25(27(26)29(31)34)21-12-6-5-11-20(21)24/h1-15,24-27,32H/b30-15-/t24?,25?,26-,27-/m0/s1. The monoisotopic (exact) mass is 444 g/mol. The van der Waals surface area contributed by atoms with Gasteiger partial charge in [-0.15, -0.1) is 0 Å². The van der Waals surface area contributed by atoms with Crippen LogP contribution < -0.4 is 0 Å². The molecular formula is C29H20N2O3. The van der Waals surface area contributed by atoms with E-state index in [0.717, 1.165) is 38.0 Å². The van der Waals surface area contributed by atoms with Crippen LogP contribution in [0.5, 0.6) is 5.75 Å². The Morgan fingerprint density at radius 3 is 1.74 bits per heavy atom. The molecule has 2 atom stereocenters. The van der Waals surface area contributed by atoms with E-state index < -0.39 is 11.8 Å². The van der Waals surface area contributed by atoms with E-state index in [4.69, 9.17) is 0 Å². The second-order valence-electron chi connectivity index (χ2n) is 9.22. The molecular weight excluding hydrogens is 424 g/mol. The third-order valence-electron chi connectivity index (χ3n) is 7.68. The number of phenolic OH excluding ortho intramolecular Hbond substituents is 1. The fourth-order valence-electron chi connectivity index (χ4n) is 6.31. The lowest BCUT2D eigenvalue weighted by Gasteiger charge is -2.45. The number of hydrogen-bond donors (Lipinski definition) is 1. The number of carbonyl (C=O) groups excluding carboxylic acids is 2. The molecule has 0 radical (unpaired) electrons. The van der Waals surface area contributed by atoms with E-state index in [1.165, 1.54) is 6.21 Å². The average molecular weight is 444 g/mol. The predicted octanol–water partition coefficient (Wildman–Crippen LogP) is 4.77. The van der Waals surface area contributed by atoms with E-state index in [1.807, 2.05) is 54.6 Å². The van der Waals surface area contributed by atoms with Crippen molar-refractivity contribution in [2.24, 2.45) is 16.9 Å². The van der Waals surface area contributed by atoms with Crippen LogP contribution in [0.15, 0.2) is 90.0 Å². The first-order chi connectivity index (χ1) is 16.6. The minimum atomic E-state index is -0.472. The zero-order chi connectivity index (χ0) is 23.0. The number of phenols is 1. The van der Waals surface area contributed by atoms with E-state index >= 15 is 0 Å². The van der Waals surface area contributed by atoms with E-state index in [2.05, 4.69) is 29.4 Å². The van der Waals surface area contributed by atoms with Gasteiger partial charge in [-0.3, -0.25) is 9.59 Å². The van der Waals surface area contributed by atoms with E-state index in [1.54, 1.807) is 6.07 Å². The first-order valence-electron chi connectivity index (χ1n) is 11.5. The summed E-state index contributed by atoms with van der Waals surface area (Å²) < 4.78 is 0. The summed E-state index contributed by atoms with van der Waals surface area (Å²) in [5, 5.41) is 17.6. The number of amides is 2. The molecule has 2 bridgehead atoms. The van der Waals surface area contributed by atoms with Gasteiger partial charge in [0.1, 0.15) is 5.75 Å². The maximum Gasteiger partial charge on any atom is 0.254 e. The Hall–Kier alpha value is -4.25. The Morgan fingerprint density at radius 1 is 0.676 bits per heavy atom. The minimum Gasteiger partial charge on any atom is -0.507 e. The molecule has 1 N–H and O–H groups in total. The molecule has 3 aliphatic carbocycles. The van der Waals surface area contributed by atoms with Gasteiger partial charge in [0.2, 0.25) is 0 Å². The highest BCUT2D eigenvalue weighted by Crippen LogP contribution is 2.60. The summed E-state index contributed by atoms with van der Waals surface area (Å²) in [7, 11) is 0. The van der Waals surface area contributed by atoms with Gasteiger partial charge in [-0.05, 0) is 39.1 Å². The molecule has 0 saturated carbocycles. The molecule has 5 nitrogen and oxygen atoms in total. The highest BCUT2D eigenvalue weighted by molar-refractivity contribution is 6.09. The summed E-state index contributed by atoms with van der Waals surface area (Å²) >= 11 is 0. The van der Waals surface area contributed by atoms with E-state index in [0.29, 0.717) is 5.56 Å². The van der Waals surface area contributed by atoms with Gasteiger partial charge in [0.25, 0.3) is 11.8 Å². The third-order valence-corrected chi connectivity index (χ3v) is 7.68. The van der Waals surface area contributed by atoms with Gasteiger partial charge in [0, 0.05) is 17.4 Å². The molecule has 5 heteroatoms. The molecule has 1 heterocycles. The molecule has 2 amide bonds. The number of nitrogens with zero attached hydrogens (tertiary/aromatic N) is 2. The molecule has 164 valence electrons. The van der Waals surface area contributed by atoms with Crippen molar-refractivity contribution in [1.82, 2.24) is 5.01 Å². The van der Waals surface area contributed by atoms with Crippen molar-refractivity contribution in [3.05, 3.63) is 113 Å². The molecule has 1 saturated heterocycles. The molecule has 0 aromatic heterocycles. The number of rotatable bonds is 2. The van der Waals surface area contributed by atoms with Gasteiger partial charge in [0.05, 0.1) is 18.1 Å². The smallest absolute Gasteiger partial charge is 0.254 e. The molecule has 4 aliphatic rings. The largest absolute Gasteiger partial charge is 0.507 e. The zero-order valence-electron chi connectivity index (χ0n) is 18.1. The highest BCUT2D eigenvalue weighted by Gasteiger charge is 2.61. The quantitative estimate of drug-likeness (QED) is 0.358. The SMILES string of the molecule is O=C1[C@H]2C3c4ccccc4C(c4ccccc43)[C@@H]2C(=O)N1/N=C\c1c(O)ccc2ccccc12. The number of imide groups is 1. The number of hydrazone groups is 1. The second kappa shape index (κ2) is 6.87. The molecule has 4 aromatic rings. The third kappa shape index (κ3) is 2.41. The molecule has 4 aromatic carbocycles. The highest BCUT2D eigenvalue weighted by atomic mass is 16.3. The predicted molar refractivity (Wildman–Crippen MR) is 129 cm³/mol. The topological polar surface area (TPSA) is 70.0 Å². The Labute approximate surface area is 196 Å². The number of carbonyl (C=O) groups is 2. The van der Waals surface area contributed by atoms with Crippen LogP contribution >= 0.6 is 0 Å². The first kappa shape index (κ1) is 19.2. The van der Waals surface area contributed by atoms with Crippen LogP contribution in [-0.4, -0.2) is 28.1 Å². The van der Waals surface area contributed by atoms with Crippen molar-refractivity contribution in [2.75, 3.05) is 0 Å². The number of benzene rings is 4. The van der Waals surface area contributed by atoms with Gasteiger partial charge >= 0.3 is 0 Å². The van der Waals surface area contributed by atoms with Crippen molar-refractivity contribution in [2.45, 2.75) is 11.8 Å². The maximum absolute atomic E-state index is 13.7. The number of hydrogen-bond acceptors (Lipinski definition) is 4.